The minimum absolute atomic E-state index is 0.608. The molecule has 1 heterocycles. The van der Waals surface area contributed by atoms with Crippen LogP contribution in [0.25, 0.3) is 22.1 Å². The van der Waals surface area contributed by atoms with Gasteiger partial charge in [-0.1, -0.05) is 65.2 Å². The fraction of sp³-hybridized carbons (Fsp3) is 0.130. The van der Waals surface area contributed by atoms with E-state index in [1.807, 2.05) is 54.6 Å². The third kappa shape index (κ3) is 3.89. The van der Waals surface area contributed by atoms with Crippen molar-refractivity contribution in [2.45, 2.75) is 20.0 Å². The number of fused-ring (bicyclic) bond motifs is 1. The molecule has 136 valence electrons. The summed E-state index contributed by atoms with van der Waals surface area (Å²) in [6, 6.07) is 22.0. The number of aryl methyl sites for hydroxylation is 1. The molecule has 0 bridgehead atoms. The molecule has 0 radical (unpaired) electrons. The van der Waals surface area contributed by atoms with E-state index >= 15 is 0 Å². The Hall–Kier alpha value is -2.26. The van der Waals surface area contributed by atoms with Crippen LogP contribution in [0.5, 0.6) is 0 Å². The highest BCUT2D eigenvalue weighted by Crippen LogP contribution is 2.36. The second kappa shape index (κ2) is 7.77. The van der Waals surface area contributed by atoms with Crippen LogP contribution in [0.2, 0.25) is 10.0 Å². The van der Waals surface area contributed by atoms with Gasteiger partial charge >= 0.3 is 0 Å². The van der Waals surface area contributed by atoms with Crippen molar-refractivity contribution >= 4 is 34.2 Å². The van der Waals surface area contributed by atoms with E-state index in [9.17, 15) is 0 Å². The molecule has 1 aromatic heterocycles. The van der Waals surface area contributed by atoms with Crippen LogP contribution in [-0.2, 0) is 13.1 Å². The highest BCUT2D eigenvalue weighted by molar-refractivity contribution is 6.31. The van der Waals surface area contributed by atoms with Gasteiger partial charge < -0.3 is 9.73 Å². The third-order valence-corrected chi connectivity index (χ3v) is 5.23. The van der Waals surface area contributed by atoms with E-state index in [0.29, 0.717) is 13.1 Å². The van der Waals surface area contributed by atoms with Gasteiger partial charge in [0.2, 0.25) is 0 Å². The molecular formula is C23H19Cl2NO. The zero-order chi connectivity index (χ0) is 18.8. The number of rotatable bonds is 5. The third-order valence-electron chi connectivity index (χ3n) is 4.61. The molecule has 0 spiro atoms. The molecule has 27 heavy (non-hydrogen) atoms. The standard InChI is InChI=1S/C23H19Cl2NO/c1-15-6-11-21-19(12-15)23(16-7-9-18(24)10-8-16)22(27-21)14-26-13-17-4-2-3-5-20(17)25/h2-12,26H,13-14H2,1H3. The first-order valence-corrected chi connectivity index (χ1v) is 9.59. The Morgan fingerprint density at radius 3 is 2.44 bits per heavy atom. The van der Waals surface area contributed by atoms with Crippen molar-refractivity contribution in [2.24, 2.45) is 0 Å². The van der Waals surface area contributed by atoms with E-state index in [1.54, 1.807) is 0 Å². The topological polar surface area (TPSA) is 25.2 Å². The molecular weight excluding hydrogens is 377 g/mol. The highest BCUT2D eigenvalue weighted by Gasteiger charge is 2.16. The fourth-order valence-corrected chi connectivity index (χ4v) is 3.60. The Morgan fingerprint density at radius 2 is 1.67 bits per heavy atom. The smallest absolute Gasteiger partial charge is 0.135 e. The average Bonchev–Trinajstić information content (AvgIpc) is 3.01. The number of hydrogen-bond acceptors (Lipinski definition) is 2. The maximum absolute atomic E-state index is 6.25. The Balaban J connectivity index is 1.68. The molecule has 0 saturated carbocycles. The van der Waals surface area contributed by atoms with Crippen LogP contribution in [0.1, 0.15) is 16.9 Å². The highest BCUT2D eigenvalue weighted by atomic mass is 35.5. The molecule has 4 aromatic rings. The first kappa shape index (κ1) is 18.1. The maximum Gasteiger partial charge on any atom is 0.135 e. The molecule has 0 aliphatic rings. The van der Waals surface area contributed by atoms with Gasteiger partial charge in [-0.3, -0.25) is 0 Å². The van der Waals surface area contributed by atoms with Crippen molar-refractivity contribution in [1.29, 1.82) is 0 Å². The molecule has 0 saturated heterocycles. The summed E-state index contributed by atoms with van der Waals surface area (Å²) in [5, 5.41) is 6.06. The second-order valence-corrected chi connectivity index (χ2v) is 7.45. The molecule has 0 aliphatic carbocycles. The van der Waals surface area contributed by atoms with Crippen LogP contribution in [0.3, 0.4) is 0 Å². The molecule has 0 aliphatic heterocycles. The minimum atomic E-state index is 0.608. The van der Waals surface area contributed by atoms with E-state index < -0.39 is 0 Å². The maximum atomic E-state index is 6.25. The van der Waals surface area contributed by atoms with Crippen molar-refractivity contribution in [2.75, 3.05) is 0 Å². The van der Waals surface area contributed by atoms with Gasteiger partial charge in [-0.15, -0.1) is 0 Å². The van der Waals surface area contributed by atoms with Crippen molar-refractivity contribution in [3.63, 3.8) is 0 Å². The van der Waals surface area contributed by atoms with Crippen LogP contribution >= 0.6 is 23.2 Å². The first-order chi connectivity index (χ1) is 13.1. The lowest BCUT2D eigenvalue weighted by molar-refractivity contribution is 0.515. The molecule has 3 aromatic carbocycles. The van der Waals surface area contributed by atoms with Gasteiger partial charge in [-0.2, -0.15) is 0 Å². The minimum Gasteiger partial charge on any atom is -0.459 e. The summed E-state index contributed by atoms with van der Waals surface area (Å²) in [6.45, 7) is 3.38. The quantitative estimate of drug-likeness (QED) is 0.393. The van der Waals surface area contributed by atoms with Crippen LogP contribution in [0.15, 0.2) is 71.1 Å². The molecule has 1 N–H and O–H groups in total. The monoisotopic (exact) mass is 395 g/mol. The second-order valence-electron chi connectivity index (χ2n) is 6.60. The van der Waals surface area contributed by atoms with Crippen LogP contribution in [-0.4, -0.2) is 0 Å². The van der Waals surface area contributed by atoms with Crippen molar-refractivity contribution < 1.29 is 4.42 Å². The molecule has 0 atom stereocenters. The summed E-state index contributed by atoms with van der Waals surface area (Å²) in [6.07, 6.45) is 0. The van der Waals surface area contributed by atoms with Gasteiger partial charge in [0.1, 0.15) is 11.3 Å². The lowest BCUT2D eigenvalue weighted by atomic mass is 10.0. The Morgan fingerprint density at radius 1 is 0.889 bits per heavy atom. The van der Waals surface area contributed by atoms with Gasteiger partial charge in [0.15, 0.2) is 0 Å². The van der Waals surface area contributed by atoms with Crippen molar-refractivity contribution in [1.82, 2.24) is 5.32 Å². The molecule has 0 unspecified atom stereocenters. The normalized spacial score (nSPS) is 11.2. The van der Waals surface area contributed by atoms with E-state index in [1.165, 1.54) is 5.56 Å². The van der Waals surface area contributed by atoms with Crippen molar-refractivity contribution in [3.8, 4) is 11.1 Å². The number of benzene rings is 3. The molecule has 4 rings (SSSR count). The number of hydrogen-bond donors (Lipinski definition) is 1. The molecule has 2 nitrogen and oxygen atoms in total. The molecule has 0 fully saturated rings. The van der Waals surface area contributed by atoms with E-state index in [0.717, 1.165) is 43.5 Å². The zero-order valence-corrected chi connectivity index (χ0v) is 16.4. The lowest BCUT2D eigenvalue weighted by Crippen LogP contribution is -2.13. The Bertz CT molecular complexity index is 1080. The summed E-state index contributed by atoms with van der Waals surface area (Å²) in [4.78, 5) is 0. The van der Waals surface area contributed by atoms with E-state index in [4.69, 9.17) is 27.6 Å². The predicted octanol–water partition coefficient (Wildman–Crippen LogP) is 7.00. The van der Waals surface area contributed by atoms with Gasteiger partial charge in [-0.25, -0.2) is 0 Å². The van der Waals surface area contributed by atoms with Gasteiger partial charge in [0, 0.05) is 27.5 Å². The number of furan rings is 1. The first-order valence-electron chi connectivity index (χ1n) is 8.84. The van der Waals surface area contributed by atoms with E-state index in [-0.39, 0.29) is 0 Å². The number of halogens is 2. The summed E-state index contributed by atoms with van der Waals surface area (Å²) in [7, 11) is 0. The summed E-state index contributed by atoms with van der Waals surface area (Å²) < 4.78 is 6.18. The average molecular weight is 396 g/mol. The summed E-state index contributed by atoms with van der Waals surface area (Å²) in [5.41, 5.74) is 5.36. The van der Waals surface area contributed by atoms with Gasteiger partial charge in [0.05, 0.1) is 6.54 Å². The molecule has 4 heteroatoms. The van der Waals surface area contributed by atoms with Gasteiger partial charge in [0.25, 0.3) is 0 Å². The van der Waals surface area contributed by atoms with Crippen molar-refractivity contribution in [3.05, 3.63) is 93.7 Å². The zero-order valence-electron chi connectivity index (χ0n) is 14.9. The SMILES string of the molecule is Cc1ccc2oc(CNCc3ccccc3Cl)c(-c3ccc(Cl)cc3)c2c1. The molecule has 0 amide bonds. The number of nitrogens with one attached hydrogen (secondary N) is 1. The van der Waals surface area contributed by atoms with E-state index in [2.05, 4.69) is 24.4 Å². The lowest BCUT2D eigenvalue weighted by Gasteiger charge is -2.07. The van der Waals surface area contributed by atoms with Crippen LogP contribution < -0.4 is 5.32 Å². The Kier molecular flexibility index (Phi) is 5.22. The summed E-state index contributed by atoms with van der Waals surface area (Å²) in [5.74, 6) is 0.907. The largest absolute Gasteiger partial charge is 0.459 e. The Labute approximate surface area is 168 Å². The van der Waals surface area contributed by atoms with Crippen LogP contribution in [0, 0.1) is 6.92 Å². The summed E-state index contributed by atoms with van der Waals surface area (Å²) >= 11 is 12.3. The van der Waals surface area contributed by atoms with Gasteiger partial charge in [-0.05, 0) is 48.4 Å². The predicted molar refractivity (Wildman–Crippen MR) is 113 cm³/mol. The fourth-order valence-electron chi connectivity index (χ4n) is 3.27. The van der Waals surface area contributed by atoms with Crippen LogP contribution in [0.4, 0.5) is 0 Å².